The molecule has 5 nitrogen and oxygen atoms in total. The summed E-state index contributed by atoms with van der Waals surface area (Å²) in [6.07, 6.45) is 0. The molecule has 0 fully saturated rings. The Labute approximate surface area is 125 Å². The first-order chi connectivity index (χ1) is 10.8. The summed E-state index contributed by atoms with van der Waals surface area (Å²) in [4.78, 5) is 15.1. The second-order valence-corrected chi connectivity index (χ2v) is 4.88. The molecule has 4 aromatic rings. The number of nitrogens with zero attached hydrogens (tertiary/aromatic N) is 2. The summed E-state index contributed by atoms with van der Waals surface area (Å²) in [6, 6.07) is 17.2. The van der Waals surface area contributed by atoms with E-state index in [9.17, 15) is 4.79 Å². The maximum atomic E-state index is 10.5. The number of pyridine rings is 1. The normalized spacial score (nSPS) is 10.9. The van der Waals surface area contributed by atoms with E-state index >= 15 is 0 Å². The molecule has 5 heteroatoms. The maximum absolute atomic E-state index is 10.5. The van der Waals surface area contributed by atoms with Gasteiger partial charge in [-0.3, -0.25) is 9.89 Å². The number of aromatic amines is 1. The van der Waals surface area contributed by atoms with Crippen molar-refractivity contribution in [2.75, 3.05) is 0 Å². The third-order valence-electron chi connectivity index (χ3n) is 3.56. The van der Waals surface area contributed by atoms with Crippen LogP contribution in [0.4, 0.5) is 0 Å². The van der Waals surface area contributed by atoms with E-state index in [1.54, 1.807) is 12.1 Å². The van der Waals surface area contributed by atoms with E-state index in [2.05, 4.69) is 15.2 Å². The van der Waals surface area contributed by atoms with Gasteiger partial charge in [-0.15, -0.1) is 0 Å². The minimum atomic E-state index is 0.412. The van der Waals surface area contributed by atoms with Gasteiger partial charge in [-0.25, -0.2) is 4.98 Å². The third kappa shape index (κ3) is 2.00. The molecular formula is C17H11N3O2. The molecule has 2 aromatic heterocycles. The zero-order chi connectivity index (χ0) is 14.9. The molecular weight excluding hydrogens is 278 g/mol. The lowest BCUT2D eigenvalue weighted by atomic mass is 10.1. The Kier molecular flexibility index (Phi) is 2.83. The molecule has 0 unspecified atom stereocenters. The van der Waals surface area contributed by atoms with Crippen LogP contribution in [0, 0.1) is 0 Å². The largest absolute Gasteiger partial charge is 0.429 e. The number of hydrogen-bond acceptors (Lipinski definition) is 4. The molecule has 0 radical (unpaired) electrons. The van der Waals surface area contributed by atoms with Crippen molar-refractivity contribution in [2.24, 2.45) is 0 Å². The molecule has 0 saturated heterocycles. The number of rotatable bonds is 3. The molecule has 2 heterocycles. The molecule has 0 spiro atoms. The molecule has 0 aliphatic carbocycles. The average Bonchev–Trinajstić information content (AvgIpc) is 2.98. The fourth-order valence-electron chi connectivity index (χ4n) is 2.52. The van der Waals surface area contributed by atoms with E-state index in [1.807, 2.05) is 42.5 Å². The van der Waals surface area contributed by atoms with Crippen LogP contribution in [0.1, 0.15) is 0 Å². The second-order valence-electron chi connectivity index (χ2n) is 4.88. The summed E-state index contributed by atoms with van der Waals surface area (Å²) in [5.74, 6) is 0.478. The van der Waals surface area contributed by atoms with Crippen molar-refractivity contribution in [3.8, 4) is 17.1 Å². The number of ether oxygens (including phenoxy) is 1. The zero-order valence-electron chi connectivity index (χ0n) is 11.5. The van der Waals surface area contributed by atoms with E-state index in [0.29, 0.717) is 12.2 Å². The van der Waals surface area contributed by atoms with Crippen LogP contribution >= 0.6 is 0 Å². The minimum Gasteiger partial charge on any atom is -0.429 e. The van der Waals surface area contributed by atoms with Crippen molar-refractivity contribution in [1.82, 2.24) is 15.2 Å². The highest BCUT2D eigenvalue weighted by Gasteiger charge is 2.11. The third-order valence-corrected chi connectivity index (χ3v) is 3.56. The molecule has 0 bridgehead atoms. The number of H-pyrrole nitrogens is 1. The van der Waals surface area contributed by atoms with Gasteiger partial charge in [-0.05, 0) is 30.3 Å². The van der Waals surface area contributed by atoms with Crippen LogP contribution in [0.3, 0.4) is 0 Å². The lowest BCUT2D eigenvalue weighted by Crippen LogP contribution is -1.88. The average molecular weight is 289 g/mol. The van der Waals surface area contributed by atoms with E-state index in [-0.39, 0.29) is 0 Å². The molecule has 0 amide bonds. The number of carbonyl (C=O) groups excluding carboxylic acids is 1. The summed E-state index contributed by atoms with van der Waals surface area (Å²) in [5, 5.41) is 9.26. The van der Waals surface area contributed by atoms with Crippen molar-refractivity contribution in [3.05, 3.63) is 54.6 Å². The Morgan fingerprint density at radius 2 is 1.95 bits per heavy atom. The highest BCUT2D eigenvalue weighted by molar-refractivity contribution is 5.94. The number of carbonyl (C=O) groups is 1. The number of nitrogens with one attached hydrogen (secondary N) is 1. The van der Waals surface area contributed by atoms with Crippen molar-refractivity contribution < 1.29 is 9.53 Å². The predicted octanol–water partition coefficient (Wildman–Crippen LogP) is 3.31. The zero-order valence-corrected chi connectivity index (χ0v) is 11.5. The molecule has 4 rings (SSSR count). The second kappa shape index (κ2) is 4.96. The predicted molar refractivity (Wildman–Crippen MR) is 83.5 cm³/mol. The van der Waals surface area contributed by atoms with Crippen molar-refractivity contribution in [2.45, 2.75) is 0 Å². The number of benzene rings is 2. The highest BCUT2D eigenvalue weighted by Crippen LogP contribution is 2.29. The summed E-state index contributed by atoms with van der Waals surface area (Å²) in [6.45, 7) is 0.412. The number of para-hydroxylation sites is 1. The van der Waals surface area contributed by atoms with Gasteiger partial charge in [0, 0.05) is 10.8 Å². The van der Waals surface area contributed by atoms with Crippen molar-refractivity contribution >= 4 is 28.3 Å². The van der Waals surface area contributed by atoms with Crippen molar-refractivity contribution in [3.63, 3.8) is 0 Å². The number of aromatic nitrogens is 3. The van der Waals surface area contributed by atoms with Gasteiger partial charge in [0.05, 0.1) is 16.7 Å². The molecule has 0 aliphatic heterocycles. The number of fused-ring (bicyclic) bond motifs is 2. The lowest BCUT2D eigenvalue weighted by Gasteiger charge is -2.02. The van der Waals surface area contributed by atoms with Gasteiger partial charge in [-0.1, -0.05) is 24.3 Å². The standard InChI is InChI=1S/C17H11N3O2/c21-10-22-12-6-8-15-13(9-12)17(20-19-15)16-7-5-11-3-1-2-4-14(11)18-16/h1-10H,(H,19,20). The fraction of sp³-hybridized carbons (Fsp3) is 0. The minimum absolute atomic E-state index is 0.412. The number of hydrogen-bond donors (Lipinski definition) is 1. The van der Waals surface area contributed by atoms with Crippen LogP contribution in [0.5, 0.6) is 5.75 Å². The van der Waals surface area contributed by atoms with E-state index < -0.39 is 0 Å². The van der Waals surface area contributed by atoms with Crippen molar-refractivity contribution in [1.29, 1.82) is 0 Å². The Balaban J connectivity index is 1.91. The molecule has 2 aromatic carbocycles. The summed E-state index contributed by atoms with van der Waals surface area (Å²) >= 11 is 0. The summed E-state index contributed by atoms with van der Waals surface area (Å²) in [7, 11) is 0. The Morgan fingerprint density at radius 3 is 2.86 bits per heavy atom. The van der Waals surface area contributed by atoms with Gasteiger partial charge in [-0.2, -0.15) is 5.10 Å². The van der Waals surface area contributed by atoms with E-state index in [0.717, 1.165) is 33.2 Å². The SMILES string of the molecule is O=COc1ccc2[nH]nc(-c3ccc4ccccc4n3)c2c1. The molecule has 0 saturated carbocycles. The molecule has 106 valence electrons. The Hall–Kier alpha value is -3.21. The van der Waals surface area contributed by atoms with Crippen LogP contribution in [-0.4, -0.2) is 21.7 Å². The molecule has 0 aliphatic rings. The molecule has 22 heavy (non-hydrogen) atoms. The Bertz CT molecular complexity index is 991. The van der Waals surface area contributed by atoms with Gasteiger partial charge >= 0.3 is 0 Å². The summed E-state index contributed by atoms with van der Waals surface area (Å²) in [5.41, 5.74) is 3.28. The first kappa shape index (κ1) is 12.5. The van der Waals surface area contributed by atoms with Crippen LogP contribution < -0.4 is 4.74 Å². The first-order valence-corrected chi connectivity index (χ1v) is 6.80. The van der Waals surface area contributed by atoms with E-state index in [4.69, 9.17) is 4.74 Å². The van der Waals surface area contributed by atoms with E-state index in [1.165, 1.54) is 0 Å². The molecule has 1 N–H and O–H groups in total. The first-order valence-electron chi connectivity index (χ1n) is 6.80. The van der Waals surface area contributed by atoms with Gasteiger partial charge in [0.15, 0.2) is 0 Å². The highest BCUT2D eigenvalue weighted by atomic mass is 16.5. The monoisotopic (exact) mass is 289 g/mol. The van der Waals surface area contributed by atoms with Gasteiger partial charge < -0.3 is 4.74 Å². The topological polar surface area (TPSA) is 67.9 Å². The maximum Gasteiger partial charge on any atom is 0.298 e. The lowest BCUT2D eigenvalue weighted by molar-refractivity contribution is -0.120. The van der Waals surface area contributed by atoms with Crippen LogP contribution in [0.15, 0.2) is 54.6 Å². The van der Waals surface area contributed by atoms with Gasteiger partial charge in [0.2, 0.25) is 0 Å². The Morgan fingerprint density at radius 1 is 1.05 bits per heavy atom. The van der Waals surface area contributed by atoms with Crippen LogP contribution in [0.2, 0.25) is 0 Å². The van der Waals surface area contributed by atoms with Crippen LogP contribution in [-0.2, 0) is 4.79 Å². The summed E-state index contributed by atoms with van der Waals surface area (Å²) < 4.78 is 4.90. The smallest absolute Gasteiger partial charge is 0.298 e. The van der Waals surface area contributed by atoms with Gasteiger partial charge in [0.1, 0.15) is 11.4 Å². The molecule has 0 atom stereocenters. The van der Waals surface area contributed by atoms with Crippen LogP contribution in [0.25, 0.3) is 33.2 Å². The fourth-order valence-corrected chi connectivity index (χ4v) is 2.52. The quantitative estimate of drug-likeness (QED) is 0.587. The van der Waals surface area contributed by atoms with Gasteiger partial charge in [0.25, 0.3) is 6.47 Å².